The van der Waals surface area contributed by atoms with Crippen LogP contribution < -0.4 is 5.73 Å². The maximum atomic E-state index is 12.1. The van der Waals surface area contributed by atoms with Gasteiger partial charge in [0.25, 0.3) is 0 Å². The van der Waals surface area contributed by atoms with E-state index in [1.807, 2.05) is 0 Å². The topological polar surface area (TPSA) is 49.8 Å². The molecule has 1 aliphatic rings. The highest BCUT2D eigenvalue weighted by Gasteiger charge is 2.47. The number of nitrogens with zero attached hydrogens (tertiary/aromatic N) is 1. The highest BCUT2D eigenvalue weighted by Crippen LogP contribution is 2.43. The molecular weight excluding hydrogens is 174 g/mol. The van der Waals surface area contributed by atoms with E-state index in [-0.39, 0.29) is 31.2 Å². The van der Waals surface area contributed by atoms with Crippen molar-refractivity contribution in [2.75, 3.05) is 0 Å². The third-order valence-corrected chi connectivity index (χ3v) is 1.78. The second-order valence-electron chi connectivity index (χ2n) is 2.68. The van der Waals surface area contributed by atoms with Crippen LogP contribution in [0.1, 0.15) is 12.8 Å². The van der Waals surface area contributed by atoms with Gasteiger partial charge in [0.1, 0.15) is 0 Å². The van der Waals surface area contributed by atoms with Crippen LogP contribution in [0.5, 0.6) is 0 Å². The number of halogens is 3. The van der Waals surface area contributed by atoms with E-state index in [0.29, 0.717) is 0 Å². The average molecular weight is 183 g/mol. The minimum absolute atomic E-state index is 0. The van der Waals surface area contributed by atoms with Gasteiger partial charge in [-0.25, -0.2) is 8.78 Å². The summed E-state index contributed by atoms with van der Waals surface area (Å²) in [5.41, 5.74) is 5.20. The fourth-order valence-electron chi connectivity index (χ4n) is 1.07. The van der Waals surface area contributed by atoms with E-state index < -0.39 is 12.0 Å². The van der Waals surface area contributed by atoms with Gasteiger partial charge < -0.3 is 5.73 Å². The Morgan fingerprint density at radius 1 is 1.55 bits per heavy atom. The molecule has 2 N–H and O–H groups in total. The van der Waals surface area contributed by atoms with Crippen LogP contribution in [0.2, 0.25) is 0 Å². The molecule has 1 rings (SSSR count). The summed E-state index contributed by atoms with van der Waals surface area (Å²) in [7, 11) is 0. The highest BCUT2D eigenvalue weighted by atomic mass is 35.5. The molecule has 0 spiro atoms. The van der Waals surface area contributed by atoms with E-state index in [2.05, 4.69) is 0 Å². The van der Waals surface area contributed by atoms with Crippen LogP contribution in [-0.4, -0.2) is 12.0 Å². The first-order chi connectivity index (χ1) is 4.55. The Balaban J connectivity index is 0.000001000. The lowest BCUT2D eigenvalue weighted by molar-refractivity contribution is -0.112. The molecule has 0 amide bonds. The molecule has 5 heteroatoms. The number of nitriles is 1. The molecule has 0 aromatic rings. The van der Waals surface area contributed by atoms with Crippen molar-refractivity contribution in [2.24, 2.45) is 11.7 Å². The van der Waals surface area contributed by atoms with Crippen molar-refractivity contribution >= 4 is 12.4 Å². The van der Waals surface area contributed by atoms with Gasteiger partial charge in [-0.2, -0.15) is 5.26 Å². The summed E-state index contributed by atoms with van der Waals surface area (Å²) < 4.78 is 24.2. The van der Waals surface area contributed by atoms with Gasteiger partial charge in [0.2, 0.25) is 5.92 Å². The predicted octanol–water partition coefficient (Wildman–Crippen LogP) is 1.30. The Hall–Kier alpha value is -0.400. The molecule has 0 aromatic heterocycles. The average Bonchev–Trinajstić information content (AvgIpc) is 1.81. The number of alkyl halides is 2. The van der Waals surface area contributed by atoms with E-state index in [1.54, 1.807) is 6.07 Å². The molecule has 0 aromatic carbocycles. The van der Waals surface area contributed by atoms with Gasteiger partial charge in [-0.3, -0.25) is 0 Å². The van der Waals surface area contributed by atoms with E-state index in [0.717, 1.165) is 0 Å². The molecule has 0 aliphatic heterocycles. The molecule has 0 heterocycles. The third-order valence-electron chi connectivity index (χ3n) is 1.78. The molecule has 1 fully saturated rings. The summed E-state index contributed by atoms with van der Waals surface area (Å²) in [6.45, 7) is 0. The lowest BCUT2D eigenvalue weighted by atomic mass is 9.77. The SMILES string of the molecule is Cl.N#CC(N)C1CC(F)(F)C1. The third kappa shape index (κ3) is 2.28. The highest BCUT2D eigenvalue weighted by molar-refractivity contribution is 5.85. The molecule has 0 bridgehead atoms. The van der Waals surface area contributed by atoms with Gasteiger partial charge in [0, 0.05) is 12.8 Å². The Kier molecular flexibility index (Phi) is 3.21. The fraction of sp³-hybridized carbons (Fsp3) is 0.833. The first-order valence-electron chi connectivity index (χ1n) is 3.08. The lowest BCUT2D eigenvalue weighted by Crippen LogP contribution is -2.45. The van der Waals surface area contributed by atoms with Crippen molar-refractivity contribution in [3.63, 3.8) is 0 Å². The van der Waals surface area contributed by atoms with Crippen molar-refractivity contribution in [1.82, 2.24) is 0 Å². The number of hydrogen-bond donors (Lipinski definition) is 1. The minimum atomic E-state index is -2.56. The molecule has 11 heavy (non-hydrogen) atoms. The molecule has 1 aliphatic carbocycles. The Morgan fingerprint density at radius 3 is 2.27 bits per heavy atom. The standard InChI is InChI=1S/C6H8F2N2.ClH/c7-6(8)1-4(2-6)5(10)3-9;/h4-5H,1-2,10H2;1H. The van der Waals surface area contributed by atoms with Gasteiger partial charge in [-0.15, -0.1) is 12.4 Å². The first-order valence-corrected chi connectivity index (χ1v) is 3.08. The van der Waals surface area contributed by atoms with E-state index in [9.17, 15) is 8.78 Å². The summed E-state index contributed by atoms with van der Waals surface area (Å²) >= 11 is 0. The molecule has 0 radical (unpaired) electrons. The smallest absolute Gasteiger partial charge is 0.248 e. The maximum absolute atomic E-state index is 12.1. The van der Waals surface area contributed by atoms with Crippen molar-refractivity contribution in [3.05, 3.63) is 0 Å². The van der Waals surface area contributed by atoms with Crippen LogP contribution >= 0.6 is 12.4 Å². The van der Waals surface area contributed by atoms with Gasteiger partial charge in [-0.1, -0.05) is 0 Å². The Labute approximate surface area is 69.8 Å². The molecule has 1 atom stereocenters. The van der Waals surface area contributed by atoms with E-state index in [4.69, 9.17) is 11.0 Å². The summed E-state index contributed by atoms with van der Waals surface area (Å²) in [5.74, 6) is -2.85. The number of hydrogen-bond acceptors (Lipinski definition) is 2. The minimum Gasteiger partial charge on any atom is -0.316 e. The Morgan fingerprint density at radius 2 is 2.00 bits per heavy atom. The largest absolute Gasteiger partial charge is 0.316 e. The van der Waals surface area contributed by atoms with Crippen LogP contribution in [-0.2, 0) is 0 Å². The zero-order chi connectivity index (χ0) is 7.78. The van der Waals surface area contributed by atoms with Crippen LogP contribution in [0, 0.1) is 17.2 Å². The molecular formula is C6H9ClF2N2. The molecule has 1 saturated carbocycles. The normalized spacial score (nSPS) is 24.2. The predicted molar refractivity (Wildman–Crippen MR) is 38.5 cm³/mol. The van der Waals surface area contributed by atoms with Crippen molar-refractivity contribution in [2.45, 2.75) is 24.8 Å². The first kappa shape index (κ1) is 10.6. The van der Waals surface area contributed by atoms with Gasteiger partial charge in [0.05, 0.1) is 12.1 Å². The monoisotopic (exact) mass is 182 g/mol. The summed E-state index contributed by atoms with van der Waals surface area (Å²) in [6.07, 6.45) is -0.441. The summed E-state index contributed by atoms with van der Waals surface area (Å²) in [5, 5.41) is 8.22. The van der Waals surface area contributed by atoms with Crippen LogP contribution in [0.15, 0.2) is 0 Å². The fourth-order valence-corrected chi connectivity index (χ4v) is 1.07. The van der Waals surface area contributed by atoms with Crippen molar-refractivity contribution in [3.8, 4) is 6.07 Å². The van der Waals surface area contributed by atoms with E-state index >= 15 is 0 Å². The summed E-state index contributed by atoms with van der Waals surface area (Å²) in [4.78, 5) is 0. The van der Waals surface area contributed by atoms with Crippen LogP contribution in [0.4, 0.5) is 8.78 Å². The second-order valence-corrected chi connectivity index (χ2v) is 2.68. The zero-order valence-electron chi connectivity index (χ0n) is 5.76. The molecule has 64 valence electrons. The Bertz CT molecular complexity index is 170. The van der Waals surface area contributed by atoms with E-state index in [1.165, 1.54) is 0 Å². The quantitative estimate of drug-likeness (QED) is 0.665. The number of nitrogens with two attached hydrogens (primary N) is 1. The van der Waals surface area contributed by atoms with Gasteiger partial charge in [0.15, 0.2) is 0 Å². The summed E-state index contributed by atoms with van der Waals surface area (Å²) in [6, 6.07) is 1.04. The molecule has 2 nitrogen and oxygen atoms in total. The van der Waals surface area contributed by atoms with Crippen molar-refractivity contribution < 1.29 is 8.78 Å². The molecule has 1 unspecified atom stereocenters. The van der Waals surface area contributed by atoms with Crippen LogP contribution in [0.25, 0.3) is 0 Å². The van der Waals surface area contributed by atoms with Gasteiger partial charge in [-0.05, 0) is 5.92 Å². The lowest BCUT2D eigenvalue weighted by Gasteiger charge is -2.35. The molecule has 0 saturated heterocycles. The zero-order valence-corrected chi connectivity index (χ0v) is 6.57. The van der Waals surface area contributed by atoms with Crippen LogP contribution in [0.3, 0.4) is 0 Å². The maximum Gasteiger partial charge on any atom is 0.248 e. The van der Waals surface area contributed by atoms with Gasteiger partial charge >= 0.3 is 0 Å². The van der Waals surface area contributed by atoms with Crippen molar-refractivity contribution in [1.29, 1.82) is 5.26 Å². The second kappa shape index (κ2) is 3.33. The number of rotatable bonds is 1.